The number of aromatic nitrogens is 1. The molecule has 7 aromatic rings. The van der Waals surface area contributed by atoms with Crippen LogP contribution in [0.4, 0.5) is 0 Å². The van der Waals surface area contributed by atoms with Crippen LogP contribution < -0.4 is 19.3 Å². The molecule has 7 rings (SSSR count). The highest BCUT2D eigenvalue weighted by atomic mass is 32.2. The van der Waals surface area contributed by atoms with Crippen molar-refractivity contribution in [1.29, 1.82) is 0 Å². The van der Waals surface area contributed by atoms with Crippen molar-refractivity contribution >= 4 is 26.0 Å². The third-order valence-corrected chi connectivity index (χ3v) is 10.6. The molecule has 0 aliphatic carbocycles. The van der Waals surface area contributed by atoms with Crippen LogP contribution in [0.5, 0.6) is 11.5 Å². The zero-order valence-electron chi connectivity index (χ0n) is 31.0. The molecule has 0 aliphatic heterocycles. The van der Waals surface area contributed by atoms with E-state index in [0.29, 0.717) is 39.7 Å². The van der Waals surface area contributed by atoms with Gasteiger partial charge in [-0.1, -0.05) is 91.0 Å². The van der Waals surface area contributed by atoms with Gasteiger partial charge in [0.05, 0.1) is 6.42 Å². The summed E-state index contributed by atoms with van der Waals surface area (Å²) in [6.07, 6.45) is 2.97. The van der Waals surface area contributed by atoms with E-state index in [1.807, 2.05) is 114 Å². The van der Waals surface area contributed by atoms with E-state index in [9.17, 15) is 21.6 Å². The fourth-order valence-electron chi connectivity index (χ4n) is 5.53. The van der Waals surface area contributed by atoms with Gasteiger partial charge in [0.25, 0.3) is 20.0 Å². The van der Waals surface area contributed by atoms with Crippen molar-refractivity contribution in [1.82, 2.24) is 9.71 Å². The summed E-state index contributed by atoms with van der Waals surface area (Å²) < 4.78 is 71.8. The molecule has 57 heavy (non-hydrogen) atoms. The number of carbonyl (C=O) groups is 1. The van der Waals surface area contributed by atoms with Crippen LogP contribution in [0, 0.1) is 13.8 Å². The van der Waals surface area contributed by atoms with E-state index in [1.54, 1.807) is 32.2 Å². The number of furan rings is 2. The highest BCUT2D eigenvalue weighted by Crippen LogP contribution is 2.26. The molecular weight excluding hydrogens is 767 g/mol. The largest absolute Gasteiger partial charge is 0.489 e. The molecule has 0 unspecified atom stereocenters. The van der Waals surface area contributed by atoms with Gasteiger partial charge in [0, 0.05) is 35.7 Å². The molecular formula is C43H39N3O9S2. The topological polar surface area (TPSA) is 181 Å². The number of amides is 1. The Bertz CT molecular complexity index is 2630. The summed E-state index contributed by atoms with van der Waals surface area (Å²) in [7, 11) is -7.99. The molecule has 0 fully saturated rings. The number of sulfonamides is 2. The fraction of sp³-hybridized carbons (Fsp3) is 0.116. The number of rotatable bonds is 13. The number of aryl methyl sites for hydroxylation is 2. The van der Waals surface area contributed by atoms with E-state index in [1.165, 1.54) is 18.3 Å². The average molecular weight is 806 g/mol. The molecule has 0 saturated heterocycles. The Morgan fingerprint density at radius 2 is 1.09 bits per heavy atom. The molecule has 0 atom stereocenters. The minimum Gasteiger partial charge on any atom is -0.489 e. The van der Waals surface area contributed by atoms with Crippen molar-refractivity contribution < 1.29 is 39.9 Å². The van der Waals surface area contributed by atoms with Crippen molar-refractivity contribution in [2.24, 2.45) is 5.14 Å². The lowest BCUT2D eigenvalue weighted by Gasteiger charge is -2.07. The van der Waals surface area contributed by atoms with Crippen molar-refractivity contribution in [3.8, 4) is 33.8 Å². The molecule has 3 heterocycles. The molecule has 0 spiro atoms. The third-order valence-electron chi connectivity index (χ3n) is 8.59. The Kier molecular flexibility index (Phi) is 12.7. The van der Waals surface area contributed by atoms with Gasteiger partial charge in [0.1, 0.15) is 36.2 Å². The van der Waals surface area contributed by atoms with Gasteiger partial charge >= 0.3 is 0 Å². The maximum Gasteiger partial charge on any atom is 0.297 e. The highest BCUT2D eigenvalue weighted by molar-refractivity contribution is 7.90. The summed E-state index contributed by atoms with van der Waals surface area (Å²) in [5.41, 5.74) is 6.22. The van der Waals surface area contributed by atoms with Gasteiger partial charge in [-0.15, -0.1) is 0 Å². The lowest BCUT2D eigenvalue weighted by atomic mass is 10.1. The summed E-state index contributed by atoms with van der Waals surface area (Å²) in [5.74, 6) is 1.53. The van der Waals surface area contributed by atoms with E-state index in [4.69, 9.17) is 23.4 Å². The Morgan fingerprint density at radius 1 is 0.632 bits per heavy atom. The van der Waals surface area contributed by atoms with Crippen LogP contribution in [-0.2, 0) is 44.5 Å². The second kappa shape index (κ2) is 18.0. The predicted octanol–water partition coefficient (Wildman–Crippen LogP) is 7.76. The van der Waals surface area contributed by atoms with Crippen LogP contribution in [0.2, 0.25) is 0 Å². The van der Waals surface area contributed by atoms with Crippen LogP contribution in [0.25, 0.3) is 22.3 Å². The Hall–Kier alpha value is -6.48. The molecule has 0 radical (unpaired) electrons. The monoisotopic (exact) mass is 805 g/mol. The molecule has 0 aliphatic rings. The second-order valence-electron chi connectivity index (χ2n) is 12.8. The van der Waals surface area contributed by atoms with E-state index < -0.39 is 26.0 Å². The number of hydrogen-bond donors (Lipinski definition) is 2. The van der Waals surface area contributed by atoms with Crippen LogP contribution in [0.3, 0.4) is 0 Å². The van der Waals surface area contributed by atoms with Gasteiger partial charge in [0.2, 0.25) is 16.1 Å². The lowest BCUT2D eigenvalue weighted by molar-refractivity contribution is -0.118. The number of ether oxygens (including phenoxy) is 2. The first kappa shape index (κ1) is 40.2. The van der Waals surface area contributed by atoms with Gasteiger partial charge in [0.15, 0.2) is 0 Å². The highest BCUT2D eigenvalue weighted by Gasteiger charge is 2.24. The fourth-order valence-corrected chi connectivity index (χ4v) is 7.09. The molecule has 0 bridgehead atoms. The minimum absolute atomic E-state index is 0.109. The Balaban J connectivity index is 0.000000203. The number of nitrogens with zero attached hydrogens (tertiary/aromatic N) is 1. The van der Waals surface area contributed by atoms with Gasteiger partial charge in [-0.05, 0) is 72.0 Å². The molecule has 14 heteroatoms. The number of primary sulfonamides is 1. The smallest absolute Gasteiger partial charge is 0.297 e. The summed E-state index contributed by atoms with van der Waals surface area (Å²) in [6, 6.07) is 41.5. The van der Waals surface area contributed by atoms with E-state index >= 15 is 0 Å². The number of nitrogens with one attached hydrogen (secondary N) is 1. The quantitative estimate of drug-likeness (QED) is 0.117. The van der Waals surface area contributed by atoms with Gasteiger partial charge in [-0.3, -0.25) is 9.78 Å². The van der Waals surface area contributed by atoms with Crippen molar-refractivity contribution in [3.63, 3.8) is 0 Å². The van der Waals surface area contributed by atoms with Crippen molar-refractivity contribution in [2.45, 2.75) is 43.7 Å². The molecule has 3 N–H and O–H groups in total. The maximum absolute atomic E-state index is 12.6. The standard InChI is InChI=1S/C25H22N2O5S.C18H17NO4S/c1-18-22(17-31-23-11-9-21(10-12-23)20-7-3-2-4-8-20)15-25(32-18)33(29,30)27-24(28)14-19-6-5-13-26-16-19;1-13-16(11-18(23-13)24(19,20)21)12-22-17-9-7-15(8-10-17)14-5-3-2-4-6-14/h2-13,15-16H,14,17H2,1H3,(H,27,28);2-11H,12H2,1H3,(H2,19,20,21). The molecule has 12 nitrogen and oxygen atoms in total. The number of benzene rings is 4. The van der Waals surface area contributed by atoms with Crippen LogP contribution in [0.15, 0.2) is 165 Å². The first-order chi connectivity index (χ1) is 27.3. The zero-order chi connectivity index (χ0) is 40.4. The minimum atomic E-state index is -4.14. The summed E-state index contributed by atoms with van der Waals surface area (Å²) in [6.45, 7) is 3.65. The second-order valence-corrected chi connectivity index (χ2v) is 15.9. The van der Waals surface area contributed by atoms with Gasteiger partial charge < -0.3 is 18.3 Å². The summed E-state index contributed by atoms with van der Waals surface area (Å²) in [5, 5.41) is 4.47. The summed E-state index contributed by atoms with van der Waals surface area (Å²) >= 11 is 0. The lowest BCUT2D eigenvalue weighted by Crippen LogP contribution is -2.31. The van der Waals surface area contributed by atoms with Crippen LogP contribution >= 0.6 is 0 Å². The van der Waals surface area contributed by atoms with Crippen molar-refractivity contribution in [2.75, 3.05) is 0 Å². The van der Waals surface area contributed by atoms with Gasteiger partial charge in [-0.2, -0.15) is 8.42 Å². The first-order valence-electron chi connectivity index (χ1n) is 17.6. The predicted molar refractivity (Wildman–Crippen MR) is 214 cm³/mol. The Labute approximate surface area is 331 Å². The summed E-state index contributed by atoms with van der Waals surface area (Å²) in [4.78, 5) is 16.1. The van der Waals surface area contributed by atoms with Crippen LogP contribution in [0.1, 0.15) is 28.2 Å². The van der Waals surface area contributed by atoms with E-state index in [-0.39, 0.29) is 29.8 Å². The number of nitrogens with two attached hydrogens (primary N) is 1. The first-order valence-corrected chi connectivity index (χ1v) is 20.6. The SMILES string of the molecule is Cc1oc(S(=O)(=O)NC(=O)Cc2cccnc2)cc1COc1ccc(-c2ccccc2)cc1.Cc1oc(S(N)(=O)=O)cc1COc1ccc(-c2ccccc2)cc1. The van der Waals surface area contributed by atoms with Crippen molar-refractivity contribution in [3.05, 3.63) is 174 Å². The zero-order valence-corrected chi connectivity index (χ0v) is 32.6. The Morgan fingerprint density at radius 3 is 1.53 bits per heavy atom. The van der Waals surface area contributed by atoms with E-state index in [2.05, 4.69) is 4.98 Å². The number of hydrogen-bond acceptors (Lipinski definition) is 10. The molecule has 1 amide bonds. The van der Waals surface area contributed by atoms with Gasteiger partial charge in [-0.25, -0.2) is 18.3 Å². The molecule has 0 saturated carbocycles. The van der Waals surface area contributed by atoms with E-state index in [0.717, 1.165) is 22.3 Å². The average Bonchev–Trinajstić information content (AvgIpc) is 3.80. The number of carbonyl (C=O) groups excluding carboxylic acids is 1. The van der Waals surface area contributed by atoms with Crippen LogP contribution in [-0.4, -0.2) is 27.7 Å². The maximum atomic E-state index is 12.6. The third kappa shape index (κ3) is 11.1. The molecule has 4 aromatic carbocycles. The normalized spacial score (nSPS) is 11.3. The number of pyridine rings is 1. The molecule has 3 aromatic heterocycles. The molecule has 292 valence electrons.